The molecule has 4 nitrogen and oxygen atoms in total. The Morgan fingerprint density at radius 1 is 1.62 bits per heavy atom. The fourth-order valence-corrected chi connectivity index (χ4v) is 0.764. The van der Waals surface area contributed by atoms with Crippen LogP contribution in [-0.4, -0.2) is 20.5 Å². The highest BCUT2D eigenvalue weighted by Gasteiger charge is 1.85. The van der Waals surface area contributed by atoms with Crippen LogP contribution in [0.2, 0.25) is 0 Å². The van der Waals surface area contributed by atoms with Gasteiger partial charge in [0.1, 0.15) is 11.5 Å². The summed E-state index contributed by atoms with van der Waals surface area (Å²) in [7, 11) is 0. The quantitative estimate of drug-likeness (QED) is 0.547. The van der Waals surface area contributed by atoms with Gasteiger partial charge in [-0.3, -0.25) is 5.10 Å². The molecule has 0 aromatic carbocycles. The summed E-state index contributed by atoms with van der Waals surface area (Å²) >= 11 is 0. The summed E-state index contributed by atoms with van der Waals surface area (Å²) in [6, 6.07) is 0. The van der Waals surface area contributed by atoms with E-state index in [0.717, 1.165) is 5.69 Å². The van der Waals surface area contributed by atoms with Crippen LogP contribution in [0.1, 0.15) is 12.6 Å². The molecule has 1 aromatic heterocycles. The maximum absolute atomic E-state index is 9.16. The van der Waals surface area contributed by atoms with Gasteiger partial charge in [0, 0.05) is 6.20 Å². The molecule has 13 heavy (non-hydrogen) atoms. The van der Waals surface area contributed by atoms with Crippen LogP contribution in [-0.2, 0) is 0 Å². The molecule has 0 unspecified atom stereocenters. The number of aromatic nitrogens is 3. The molecular formula is C9H11N3O. The molecule has 4 heteroatoms. The number of aliphatic hydroxyl groups excluding tert-OH is 1. The molecule has 68 valence electrons. The van der Waals surface area contributed by atoms with E-state index in [1.54, 1.807) is 36.6 Å². The van der Waals surface area contributed by atoms with Crippen LogP contribution in [0, 0.1) is 0 Å². The summed E-state index contributed by atoms with van der Waals surface area (Å²) in [5.74, 6) is 0.210. The largest absolute Gasteiger partial charge is 0.508 e. The third-order valence-electron chi connectivity index (χ3n) is 1.31. The Bertz CT molecular complexity index is 323. The fraction of sp³-hybridized carbons (Fsp3) is 0.111. The van der Waals surface area contributed by atoms with E-state index in [-0.39, 0.29) is 5.76 Å². The van der Waals surface area contributed by atoms with Gasteiger partial charge < -0.3 is 5.11 Å². The van der Waals surface area contributed by atoms with E-state index in [1.165, 1.54) is 0 Å². The molecule has 0 atom stereocenters. The zero-order valence-corrected chi connectivity index (χ0v) is 7.31. The Balaban J connectivity index is 2.55. The molecule has 1 aromatic rings. The van der Waals surface area contributed by atoms with Crippen molar-refractivity contribution in [3.05, 3.63) is 42.0 Å². The summed E-state index contributed by atoms with van der Waals surface area (Å²) in [5.41, 5.74) is 0.726. The Labute approximate surface area is 76.3 Å². The summed E-state index contributed by atoms with van der Waals surface area (Å²) in [4.78, 5) is 0. The molecule has 0 bridgehead atoms. The van der Waals surface area contributed by atoms with E-state index >= 15 is 0 Å². The monoisotopic (exact) mass is 177 g/mol. The van der Waals surface area contributed by atoms with Gasteiger partial charge in [-0.1, -0.05) is 17.4 Å². The molecule has 0 spiro atoms. The SMILES string of the molecule is C\C=C/C(O)=C\C=C\c1c[nH]nn1. The molecule has 1 rings (SSSR count). The van der Waals surface area contributed by atoms with E-state index in [1.807, 2.05) is 6.92 Å². The van der Waals surface area contributed by atoms with Gasteiger partial charge in [0.15, 0.2) is 0 Å². The van der Waals surface area contributed by atoms with Crippen molar-refractivity contribution < 1.29 is 5.11 Å². The molecule has 0 aliphatic carbocycles. The van der Waals surface area contributed by atoms with Crippen molar-refractivity contribution in [2.24, 2.45) is 0 Å². The molecule has 0 amide bonds. The third-order valence-corrected chi connectivity index (χ3v) is 1.31. The van der Waals surface area contributed by atoms with Gasteiger partial charge >= 0.3 is 0 Å². The first-order valence-corrected chi connectivity index (χ1v) is 3.89. The second-order valence-corrected chi connectivity index (χ2v) is 2.35. The molecule has 0 aliphatic rings. The second-order valence-electron chi connectivity index (χ2n) is 2.35. The lowest BCUT2D eigenvalue weighted by molar-refractivity contribution is 0.432. The number of aliphatic hydroxyl groups is 1. The Morgan fingerprint density at radius 3 is 3.08 bits per heavy atom. The number of allylic oxidation sites excluding steroid dienone is 4. The van der Waals surface area contributed by atoms with Crippen LogP contribution in [0.5, 0.6) is 0 Å². The lowest BCUT2D eigenvalue weighted by Crippen LogP contribution is -1.72. The number of hydrogen-bond acceptors (Lipinski definition) is 3. The van der Waals surface area contributed by atoms with Gasteiger partial charge in [-0.15, -0.1) is 5.10 Å². The average Bonchev–Trinajstić information content (AvgIpc) is 2.57. The fourth-order valence-electron chi connectivity index (χ4n) is 0.764. The molecule has 0 fully saturated rings. The van der Waals surface area contributed by atoms with Crippen molar-refractivity contribution >= 4 is 6.08 Å². The highest BCUT2D eigenvalue weighted by molar-refractivity contribution is 5.45. The number of aromatic amines is 1. The third kappa shape index (κ3) is 3.37. The number of nitrogens with one attached hydrogen (secondary N) is 1. The molecule has 1 heterocycles. The van der Waals surface area contributed by atoms with Crippen LogP contribution in [0.25, 0.3) is 6.08 Å². The summed E-state index contributed by atoms with van der Waals surface area (Å²) in [6.07, 6.45) is 10.0. The normalized spacial score (nSPS) is 13.2. The first-order chi connectivity index (χ1) is 6.33. The number of H-pyrrole nitrogens is 1. The van der Waals surface area contributed by atoms with E-state index in [0.29, 0.717) is 0 Å². The van der Waals surface area contributed by atoms with Gasteiger partial charge in [-0.05, 0) is 25.2 Å². The maximum atomic E-state index is 9.16. The lowest BCUT2D eigenvalue weighted by Gasteiger charge is -1.84. The van der Waals surface area contributed by atoms with Crippen molar-refractivity contribution in [1.29, 1.82) is 0 Å². The second kappa shape index (κ2) is 4.92. The molecule has 0 saturated heterocycles. The maximum Gasteiger partial charge on any atom is 0.115 e. The van der Waals surface area contributed by atoms with Crippen LogP contribution < -0.4 is 0 Å². The van der Waals surface area contributed by atoms with Crippen LogP contribution in [0.4, 0.5) is 0 Å². The highest BCUT2D eigenvalue weighted by Crippen LogP contribution is 1.96. The van der Waals surface area contributed by atoms with Crippen molar-refractivity contribution in [3.63, 3.8) is 0 Å². The first kappa shape index (κ1) is 9.25. The lowest BCUT2D eigenvalue weighted by atomic mass is 10.3. The number of rotatable bonds is 3. The van der Waals surface area contributed by atoms with Crippen molar-refractivity contribution in [2.45, 2.75) is 6.92 Å². The molecule has 2 N–H and O–H groups in total. The molecule has 0 aliphatic heterocycles. The smallest absolute Gasteiger partial charge is 0.115 e. The highest BCUT2D eigenvalue weighted by atomic mass is 16.3. The van der Waals surface area contributed by atoms with Gasteiger partial charge in [-0.25, -0.2) is 0 Å². The Morgan fingerprint density at radius 2 is 2.46 bits per heavy atom. The Kier molecular flexibility index (Phi) is 3.50. The predicted molar refractivity (Wildman–Crippen MR) is 50.9 cm³/mol. The minimum Gasteiger partial charge on any atom is -0.508 e. The number of hydrogen-bond donors (Lipinski definition) is 2. The van der Waals surface area contributed by atoms with Gasteiger partial charge in [0.05, 0.1) is 0 Å². The van der Waals surface area contributed by atoms with Crippen molar-refractivity contribution in [2.75, 3.05) is 0 Å². The number of nitrogens with zero attached hydrogens (tertiary/aromatic N) is 2. The van der Waals surface area contributed by atoms with Crippen LogP contribution in [0.15, 0.2) is 36.3 Å². The van der Waals surface area contributed by atoms with E-state index in [9.17, 15) is 0 Å². The van der Waals surface area contributed by atoms with Crippen molar-refractivity contribution in [1.82, 2.24) is 15.4 Å². The minimum atomic E-state index is 0.210. The van der Waals surface area contributed by atoms with Crippen molar-refractivity contribution in [3.8, 4) is 0 Å². The zero-order valence-electron chi connectivity index (χ0n) is 7.31. The minimum absolute atomic E-state index is 0.210. The summed E-state index contributed by atoms with van der Waals surface area (Å²) < 4.78 is 0. The van der Waals surface area contributed by atoms with Crippen LogP contribution >= 0.6 is 0 Å². The first-order valence-electron chi connectivity index (χ1n) is 3.89. The van der Waals surface area contributed by atoms with Gasteiger partial charge in [0.25, 0.3) is 0 Å². The predicted octanol–water partition coefficient (Wildman–Crippen LogP) is 1.84. The van der Waals surface area contributed by atoms with E-state index in [4.69, 9.17) is 5.11 Å². The van der Waals surface area contributed by atoms with Gasteiger partial charge in [-0.2, -0.15) is 0 Å². The Hall–Kier alpha value is -1.84. The standard InChI is InChI=1S/C9H11N3O/c1-2-4-9(13)6-3-5-8-7-10-12-11-8/h2-7,13H,1H3,(H,10,11,12)/b4-2-,5-3+,9-6+. The topological polar surface area (TPSA) is 61.8 Å². The van der Waals surface area contributed by atoms with Crippen LogP contribution in [0.3, 0.4) is 0 Å². The molecular weight excluding hydrogens is 166 g/mol. The average molecular weight is 177 g/mol. The molecule has 0 radical (unpaired) electrons. The molecule has 0 saturated carbocycles. The van der Waals surface area contributed by atoms with E-state index in [2.05, 4.69) is 15.4 Å². The van der Waals surface area contributed by atoms with E-state index < -0.39 is 0 Å². The van der Waals surface area contributed by atoms with Gasteiger partial charge in [0.2, 0.25) is 0 Å². The summed E-state index contributed by atoms with van der Waals surface area (Å²) in [5, 5.41) is 19.0. The zero-order chi connectivity index (χ0) is 9.52. The summed E-state index contributed by atoms with van der Waals surface area (Å²) in [6.45, 7) is 1.84.